The zero-order valence-electron chi connectivity index (χ0n) is 8.11. The number of hydrogen-bond acceptors (Lipinski definition) is 3. The minimum Gasteiger partial charge on any atom is -0.397 e. The standard InChI is InChI=1S/C11H15N3/c12-10-3-1-2-4-11(10)14-7-8-5-9(14)6-13-8/h1-4,8-9,13H,5-7,12H2. The molecule has 2 aliphatic heterocycles. The number of nitrogens with zero attached hydrogens (tertiary/aromatic N) is 1. The van der Waals surface area contributed by atoms with Crippen molar-refractivity contribution in [3.8, 4) is 0 Å². The van der Waals surface area contributed by atoms with E-state index in [1.807, 2.05) is 12.1 Å². The van der Waals surface area contributed by atoms with Crippen LogP contribution in [-0.2, 0) is 0 Å². The average molecular weight is 189 g/mol. The quantitative estimate of drug-likeness (QED) is 0.643. The van der Waals surface area contributed by atoms with E-state index in [0.717, 1.165) is 18.8 Å². The van der Waals surface area contributed by atoms with Gasteiger partial charge in [0, 0.05) is 25.2 Å². The summed E-state index contributed by atoms with van der Waals surface area (Å²) in [6, 6.07) is 9.49. The Morgan fingerprint density at radius 2 is 2.21 bits per heavy atom. The molecule has 3 heteroatoms. The van der Waals surface area contributed by atoms with Gasteiger partial charge in [-0.3, -0.25) is 0 Å². The Morgan fingerprint density at radius 1 is 1.36 bits per heavy atom. The Kier molecular flexibility index (Phi) is 1.67. The van der Waals surface area contributed by atoms with Crippen LogP contribution in [-0.4, -0.2) is 25.2 Å². The predicted molar refractivity (Wildman–Crippen MR) is 58.4 cm³/mol. The molecule has 1 aromatic carbocycles. The molecule has 2 unspecified atom stereocenters. The van der Waals surface area contributed by atoms with Crippen LogP contribution >= 0.6 is 0 Å². The topological polar surface area (TPSA) is 41.3 Å². The number of para-hydroxylation sites is 2. The number of anilines is 2. The van der Waals surface area contributed by atoms with E-state index in [0.29, 0.717) is 12.1 Å². The molecule has 0 saturated carbocycles. The second-order valence-electron chi connectivity index (χ2n) is 4.21. The first kappa shape index (κ1) is 8.12. The number of benzene rings is 1. The fourth-order valence-electron chi connectivity index (χ4n) is 2.60. The van der Waals surface area contributed by atoms with E-state index in [1.165, 1.54) is 12.1 Å². The van der Waals surface area contributed by atoms with Gasteiger partial charge >= 0.3 is 0 Å². The zero-order chi connectivity index (χ0) is 9.54. The zero-order valence-corrected chi connectivity index (χ0v) is 8.11. The molecule has 0 spiro atoms. The monoisotopic (exact) mass is 189 g/mol. The van der Waals surface area contributed by atoms with Gasteiger partial charge in [-0.05, 0) is 18.6 Å². The fraction of sp³-hybridized carbons (Fsp3) is 0.455. The molecule has 2 atom stereocenters. The Labute approximate surface area is 83.9 Å². The van der Waals surface area contributed by atoms with Crippen LogP contribution < -0.4 is 16.0 Å². The van der Waals surface area contributed by atoms with Crippen LogP contribution in [0.4, 0.5) is 11.4 Å². The van der Waals surface area contributed by atoms with Crippen LogP contribution in [0.1, 0.15) is 6.42 Å². The molecule has 0 amide bonds. The van der Waals surface area contributed by atoms with Gasteiger partial charge in [0.1, 0.15) is 0 Å². The molecule has 74 valence electrons. The molecule has 2 aliphatic rings. The van der Waals surface area contributed by atoms with Crippen molar-refractivity contribution in [2.45, 2.75) is 18.5 Å². The van der Waals surface area contributed by atoms with Crippen LogP contribution in [0, 0.1) is 0 Å². The molecule has 3 rings (SSSR count). The summed E-state index contributed by atoms with van der Waals surface area (Å²) in [4.78, 5) is 2.44. The molecule has 2 bridgehead atoms. The lowest BCUT2D eigenvalue weighted by Gasteiger charge is -2.30. The molecule has 0 aliphatic carbocycles. The number of piperazine rings is 1. The van der Waals surface area contributed by atoms with Gasteiger partial charge < -0.3 is 16.0 Å². The Hall–Kier alpha value is -1.22. The number of nitrogens with two attached hydrogens (primary N) is 1. The molecule has 0 radical (unpaired) electrons. The summed E-state index contributed by atoms with van der Waals surface area (Å²) in [5.74, 6) is 0. The minimum absolute atomic E-state index is 0.657. The van der Waals surface area contributed by atoms with Crippen molar-refractivity contribution >= 4 is 11.4 Å². The van der Waals surface area contributed by atoms with Crippen molar-refractivity contribution in [3.05, 3.63) is 24.3 Å². The highest BCUT2D eigenvalue weighted by atomic mass is 15.3. The van der Waals surface area contributed by atoms with Gasteiger partial charge in [-0.25, -0.2) is 0 Å². The van der Waals surface area contributed by atoms with E-state index in [9.17, 15) is 0 Å². The Bertz CT molecular complexity index is 350. The first-order chi connectivity index (χ1) is 6.84. The van der Waals surface area contributed by atoms with Crippen molar-refractivity contribution in [2.75, 3.05) is 23.7 Å². The summed E-state index contributed by atoms with van der Waals surface area (Å²) in [6.07, 6.45) is 1.27. The van der Waals surface area contributed by atoms with Crippen LogP contribution in [0.25, 0.3) is 0 Å². The number of rotatable bonds is 1. The summed E-state index contributed by atoms with van der Waals surface area (Å²) >= 11 is 0. The molecule has 2 fully saturated rings. The van der Waals surface area contributed by atoms with Crippen LogP contribution in [0.2, 0.25) is 0 Å². The lowest BCUT2D eigenvalue weighted by Crippen LogP contribution is -2.43. The molecule has 2 saturated heterocycles. The van der Waals surface area contributed by atoms with Gasteiger partial charge in [0.15, 0.2) is 0 Å². The third-order valence-electron chi connectivity index (χ3n) is 3.30. The summed E-state index contributed by atoms with van der Waals surface area (Å²) in [6.45, 7) is 2.22. The second kappa shape index (κ2) is 2.89. The van der Waals surface area contributed by atoms with Gasteiger partial charge in [-0.2, -0.15) is 0 Å². The Morgan fingerprint density at radius 3 is 2.86 bits per heavy atom. The maximum atomic E-state index is 5.97. The van der Waals surface area contributed by atoms with Gasteiger partial charge in [-0.15, -0.1) is 0 Å². The summed E-state index contributed by atoms with van der Waals surface area (Å²) in [5.41, 5.74) is 8.08. The van der Waals surface area contributed by atoms with Crippen molar-refractivity contribution in [1.29, 1.82) is 0 Å². The molecule has 0 aromatic heterocycles. The molecule has 14 heavy (non-hydrogen) atoms. The third-order valence-corrected chi connectivity index (χ3v) is 3.30. The molecule has 3 nitrogen and oxygen atoms in total. The third kappa shape index (κ3) is 1.09. The normalized spacial score (nSPS) is 29.9. The maximum Gasteiger partial charge on any atom is 0.0603 e. The average Bonchev–Trinajstić information content (AvgIpc) is 2.79. The van der Waals surface area contributed by atoms with Crippen molar-refractivity contribution in [3.63, 3.8) is 0 Å². The van der Waals surface area contributed by atoms with Crippen LogP contribution in [0.15, 0.2) is 24.3 Å². The van der Waals surface area contributed by atoms with E-state index in [2.05, 4.69) is 22.3 Å². The van der Waals surface area contributed by atoms with E-state index < -0.39 is 0 Å². The smallest absolute Gasteiger partial charge is 0.0603 e. The van der Waals surface area contributed by atoms with Gasteiger partial charge in [0.25, 0.3) is 0 Å². The summed E-state index contributed by atoms with van der Waals surface area (Å²) in [5, 5.41) is 3.49. The first-order valence-electron chi connectivity index (χ1n) is 5.19. The lowest BCUT2D eigenvalue weighted by atomic mass is 10.2. The van der Waals surface area contributed by atoms with Crippen molar-refractivity contribution in [1.82, 2.24) is 5.32 Å². The van der Waals surface area contributed by atoms with Crippen LogP contribution in [0.3, 0.4) is 0 Å². The highest BCUT2D eigenvalue weighted by Gasteiger charge is 2.37. The number of nitrogens with one attached hydrogen (secondary N) is 1. The first-order valence-corrected chi connectivity index (χ1v) is 5.19. The SMILES string of the molecule is Nc1ccccc1N1CC2CC1CN2. The van der Waals surface area contributed by atoms with E-state index in [4.69, 9.17) is 5.73 Å². The lowest BCUT2D eigenvalue weighted by molar-refractivity contribution is 0.580. The van der Waals surface area contributed by atoms with Gasteiger partial charge in [0.2, 0.25) is 0 Å². The second-order valence-corrected chi connectivity index (χ2v) is 4.21. The molecule has 2 heterocycles. The highest BCUT2D eigenvalue weighted by molar-refractivity contribution is 5.68. The van der Waals surface area contributed by atoms with Crippen molar-refractivity contribution in [2.24, 2.45) is 0 Å². The minimum atomic E-state index is 0.657. The molecule has 1 aromatic rings. The fourth-order valence-corrected chi connectivity index (χ4v) is 2.60. The summed E-state index contributed by atoms with van der Waals surface area (Å²) < 4.78 is 0. The van der Waals surface area contributed by atoms with E-state index in [-0.39, 0.29) is 0 Å². The van der Waals surface area contributed by atoms with E-state index in [1.54, 1.807) is 0 Å². The predicted octanol–water partition coefficient (Wildman–Crippen LogP) is 0.819. The van der Waals surface area contributed by atoms with Gasteiger partial charge in [0.05, 0.1) is 11.4 Å². The summed E-state index contributed by atoms with van der Waals surface area (Å²) in [7, 11) is 0. The molecular weight excluding hydrogens is 174 g/mol. The molecular formula is C11H15N3. The maximum absolute atomic E-state index is 5.97. The number of fused-ring (bicyclic) bond motifs is 2. The van der Waals surface area contributed by atoms with Gasteiger partial charge in [-0.1, -0.05) is 12.1 Å². The van der Waals surface area contributed by atoms with Crippen LogP contribution in [0.5, 0.6) is 0 Å². The Balaban J connectivity index is 1.93. The van der Waals surface area contributed by atoms with Crippen molar-refractivity contribution < 1.29 is 0 Å². The number of nitrogen functional groups attached to an aromatic ring is 1. The van der Waals surface area contributed by atoms with E-state index >= 15 is 0 Å². The largest absolute Gasteiger partial charge is 0.397 e. The highest BCUT2D eigenvalue weighted by Crippen LogP contribution is 2.32. The number of hydrogen-bond donors (Lipinski definition) is 2. The molecule has 3 N–H and O–H groups in total.